The zero-order valence-corrected chi connectivity index (χ0v) is 13.1. The van der Waals surface area contributed by atoms with Gasteiger partial charge in [0.25, 0.3) is 0 Å². The zero-order valence-electron chi connectivity index (χ0n) is 12.4. The van der Waals surface area contributed by atoms with E-state index in [0.717, 1.165) is 34.9 Å². The first-order chi connectivity index (χ1) is 10.2. The molecule has 0 aliphatic carbocycles. The molecule has 108 valence electrons. The van der Waals surface area contributed by atoms with E-state index in [1.165, 1.54) is 5.52 Å². The molecule has 0 saturated carbocycles. The van der Waals surface area contributed by atoms with Gasteiger partial charge < -0.3 is 4.57 Å². The maximum absolute atomic E-state index is 6.38. The monoisotopic (exact) mass is 298 g/mol. The van der Waals surface area contributed by atoms with E-state index in [9.17, 15) is 0 Å². The molecule has 1 aromatic heterocycles. The van der Waals surface area contributed by atoms with Crippen LogP contribution in [0.25, 0.3) is 22.4 Å². The number of aromatic nitrogens is 2. The Morgan fingerprint density at radius 2 is 1.81 bits per heavy atom. The normalized spacial score (nSPS) is 12.7. The van der Waals surface area contributed by atoms with Gasteiger partial charge in [0.05, 0.1) is 16.1 Å². The minimum atomic E-state index is 0.601. The number of para-hydroxylation sites is 2. The van der Waals surface area contributed by atoms with Gasteiger partial charge in [0.2, 0.25) is 0 Å². The number of imidazole rings is 1. The topological polar surface area (TPSA) is 17.8 Å². The molecule has 3 aromatic rings. The molecule has 3 heteroatoms. The van der Waals surface area contributed by atoms with Gasteiger partial charge in [0.1, 0.15) is 5.82 Å². The summed E-state index contributed by atoms with van der Waals surface area (Å²) >= 11 is 6.38. The summed E-state index contributed by atoms with van der Waals surface area (Å²) in [6.07, 6.45) is 1.15. The Labute approximate surface area is 130 Å². The minimum absolute atomic E-state index is 0.601. The van der Waals surface area contributed by atoms with Crippen molar-refractivity contribution >= 4 is 22.6 Å². The molecule has 0 radical (unpaired) electrons. The minimum Gasteiger partial charge on any atom is -0.324 e. The van der Waals surface area contributed by atoms with Gasteiger partial charge in [0.15, 0.2) is 0 Å². The predicted molar refractivity (Wildman–Crippen MR) is 89.6 cm³/mol. The molecule has 3 rings (SSSR count). The first kappa shape index (κ1) is 14.2. The van der Waals surface area contributed by atoms with Gasteiger partial charge in [-0.05, 0) is 30.2 Å². The Morgan fingerprint density at radius 3 is 2.57 bits per heavy atom. The highest BCUT2D eigenvalue weighted by atomic mass is 35.5. The molecule has 0 amide bonds. The van der Waals surface area contributed by atoms with Gasteiger partial charge in [0, 0.05) is 12.1 Å². The standard InChI is InChI=1S/C18H19ClN2/c1-3-13(2)12-21-17-11-7-6-10-16(17)20-18(21)14-8-4-5-9-15(14)19/h4-11,13H,3,12H2,1-2H3. The lowest BCUT2D eigenvalue weighted by atomic mass is 10.1. The van der Waals surface area contributed by atoms with Crippen molar-refractivity contribution < 1.29 is 0 Å². The molecule has 0 aliphatic rings. The van der Waals surface area contributed by atoms with Gasteiger partial charge in [-0.25, -0.2) is 4.98 Å². The second-order valence-corrected chi connectivity index (χ2v) is 5.94. The zero-order chi connectivity index (χ0) is 14.8. The third-order valence-electron chi connectivity index (χ3n) is 3.96. The van der Waals surface area contributed by atoms with Crippen LogP contribution in [0, 0.1) is 5.92 Å². The maximum atomic E-state index is 6.38. The van der Waals surface area contributed by atoms with Crippen LogP contribution >= 0.6 is 11.6 Å². The fraction of sp³-hybridized carbons (Fsp3) is 0.278. The summed E-state index contributed by atoms with van der Waals surface area (Å²) in [5.74, 6) is 1.56. The fourth-order valence-corrected chi connectivity index (χ4v) is 2.77. The van der Waals surface area contributed by atoms with E-state index in [2.05, 4.69) is 36.6 Å². The summed E-state index contributed by atoms with van der Waals surface area (Å²) < 4.78 is 2.30. The number of halogens is 1. The number of hydrogen-bond acceptors (Lipinski definition) is 1. The molecule has 2 aromatic carbocycles. The quantitative estimate of drug-likeness (QED) is 0.630. The van der Waals surface area contributed by atoms with Crippen molar-refractivity contribution in [1.29, 1.82) is 0 Å². The lowest BCUT2D eigenvalue weighted by Crippen LogP contribution is -2.08. The van der Waals surface area contributed by atoms with Crippen molar-refractivity contribution in [2.75, 3.05) is 0 Å². The summed E-state index contributed by atoms with van der Waals surface area (Å²) in [6.45, 7) is 5.45. The average molecular weight is 299 g/mol. The van der Waals surface area contributed by atoms with Crippen molar-refractivity contribution in [3.8, 4) is 11.4 Å². The van der Waals surface area contributed by atoms with Crippen molar-refractivity contribution in [2.24, 2.45) is 5.92 Å². The third-order valence-corrected chi connectivity index (χ3v) is 4.29. The maximum Gasteiger partial charge on any atom is 0.142 e. The number of rotatable bonds is 4. The lowest BCUT2D eigenvalue weighted by Gasteiger charge is -2.14. The summed E-state index contributed by atoms with van der Waals surface area (Å²) in [5, 5.41) is 0.748. The summed E-state index contributed by atoms with van der Waals surface area (Å²) in [5.41, 5.74) is 3.20. The highest BCUT2D eigenvalue weighted by Gasteiger charge is 2.15. The second-order valence-electron chi connectivity index (χ2n) is 5.53. The molecule has 0 fully saturated rings. The lowest BCUT2D eigenvalue weighted by molar-refractivity contribution is 0.479. The first-order valence-corrected chi connectivity index (χ1v) is 7.78. The number of benzene rings is 2. The van der Waals surface area contributed by atoms with E-state index in [4.69, 9.17) is 16.6 Å². The average Bonchev–Trinajstić information content (AvgIpc) is 2.86. The Morgan fingerprint density at radius 1 is 1.10 bits per heavy atom. The summed E-state index contributed by atoms with van der Waals surface area (Å²) in [4.78, 5) is 4.81. The molecule has 1 unspecified atom stereocenters. The molecule has 21 heavy (non-hydrogen) atoms. The highest BCUT2D eigenvalue weighted by molar-refractivity contribution is 6.33. The second kappa shape index (κ2) is 5.90. The van der Waals surface area contributed by atoms with E-state index in [1.807, 2.05) is 30.3 Å². The van der Waals surface area contributed by atoms with Crippen LogP contribution in [0.15, 0.2) is 48.5 Å². The SMILES string of the molecule is CCC(C)Cn1c(-c2ccccc2Cl)nc2ccccc21. The van der Waals surface area contributed by atoms with Crippen LogP contribution in [0.4, 0.5) is 0 Å². The Kier molecular flexibility index (Phi) is 3.98. The van der Waals surface area contributed by atoms with E-state index >= 15 is 0 Å². The van der Waals surface area contributed by atoms with Gasteiger partial charge >= 0.3 is 0 Å². The molecule has 0 aliphatic heterocycles. The largest absolute Gasteiger partial charge is 0.324 e. The van der Waals surface area contributed by atoms with Gasteiger partial charge in [-0.2, -0.15) is 0 Å². The molecular formula is C18H19ClN2. The van der Waals surface area contributed by atoms with Crippen LogP contribution in [0.1, 0.15) is 20.3 Å². The van der Waals surface area contributed by atoms with E-state index in [0.29, 0.717) is 5.92 Å². The molecule has 1 heterocycles. The molecule has 2 nitrogen and oxygen atoms in total. The van der Waals surface area contributed by atoms with Crippen LogP contribution in [0.2, 0.25) is 5.02 Å². The van der Waals surface area contributed by atoms with Crippen molar-refractivity contribution in [1.82, 2.24) is 9.55 Å². The summed E-state index contributed by atoms with van der Waals surface area (Å²) in [6, 6.07) is 16.2. The molecular weight excluding hydrogens is 280 g/mol. The van der Waals surface area contributed by atoms with E-state index < -0.39 is 0 Å². The van der Waals surface area contributed by atoms with Crippen molar-refractivity contribution in [3.63, 3.8) is 0 Å². The van der Waals surface area contributed by atoms with Crippen LogP contribution in [-0.4, -0.2) is 9.55 Å². The van der Waals surface area contributed by atoms with Crippen LogP contribution in [0.5, 0.6) is 0 Å². The van der Waals surface area contributed by atoms with E-state index in [-0.39, 0.29) is 0 Å². The number of fused-ring (bicyclic) bond motifs is 1. The molecule has 0 saturated heterocycles. The van der Waals surface area contributed by atoms with Crippen LogP contribution < -0.4 is 0 Å². The molecule has 0 bridgehead atoms. The summed E-state index contributed by atoms with van der Waals surface area (Å²) in [7, 11) is 0. The first-order valence-electron chi connectivity index (χ1n) is 7.41. The number of hydrogen-bond donors (Lipinski definition) is 0. The molecule has 1 atom stereocenters. The van der Waals surface area contributed by atoms with Crippen LogP contribution in [-0.2, 0) is 6.54 Å². The number of nitrogens with zero attached hydrogens (tertiary/aromatic N) is 2. The van der Waals surface area contributed by atoms with Crippen molar-refractivity contribution in [2.45, 2.75) is 26.8 Å². The fourth-order valence-electron chi connectivity index (χ4n) is 2.55. The van der Waals surface area contributed by atoms with Crippen LogP contribution in [0.3, 0.4) is 0 Å². The van der Waals surface area contributed by atoms with Crippen molar-refractivity contribution in [3.05, 3.63) is 53.6 Å². The van der Waals surface area contributed by atoms with Gasteiger partial charge in [-0.3, -0.25) is 0 Å². The Hall–Kier alpha value is -1.80. The third kappa shape index (κ3) is 2.68. The Bertz CT molecular complexity index is 761. The Balaban J connectivity index is 2.21. The predicted octanol–water partition coefficient (Wildman–Crippen LogP) is 5.40. The molecule has 0 N–H and O–H groups in total. The van der Waals surface area contributed by atoms with E-state index in [1.54, 1.807) is 0 Å². The highest BCUT2D eigenvalue weighted by Crippen LogP contribution is 2.30. The molecule has 0 spiro atoms. The van der Waals surface area contributed by atoms with Gasteiger partial charge in [-0.1, -0.05) is 56.1 Å². The van der Waals surface area contributed by atoms with Gasteiger partial charge in [-0.15, -0.1) is 0 Å². The smallest absolute Gasteiger partial charge is 0.142 e.